The van der Waals surface area contributed by atoms with Crippen molar-refractivity contribution in [3.63, 3.8) is 0 Å². The topological polar surface area (TPSA) is 168 Å². The van der Waals surface area contributed by atoms with E-state index in [1.165, 1.54) is 43.4 Å². The Kier molecular flexibility index (Phi) is 7.73. The third-order valence-corrected chi connectivity index (χ3v) is 4.21. The van der Waals surface area contributed by atoms with Crippen molar-refractivity contribution in [1.82, 2.24) is 10.6 Å². The maximum atomic E-state index is 12.3. The molecule has 2 aromatic carbocycles. The molecule has 3 amide bonds. The van der Waals surface area contributed by atoms with Crippen LogP contribution in [0.3, 0.4) is 0 Å². The molecule has 0 aromatic heterocycles. The summed E-state index contributed by atoms with van der Waals surface area (Å²) < 4.78 is 0. The number of likely N-dealkylation sites (N-methyl/N-ethyl adjacent to an activating group) is 1. The van der Waals surface area contributed by atoms with Crippen molar-refractivity contribution in [2.75, 3.05) is 12.4 Å². The molecule has 0 saturated carbocycles. The summed E-state index contributed by atoms with van der Waals surface area (Å²) in [4.78, 5) is 36.5. The number of benzene rings is 2. The van der Waals surface area contributed by atoms with Gasteiger partial charge in [-0.25, -0.2) is 0 Å². The second kappa shape index (κ2) is 10.2. The van der Waals surface area contributed by atoms with Crippen molar-refractivity contribution in [3.8, 4) is 11.5 Å². The maximum Gasteiger partial charge on any atom is 0.256 e. The van der Waals surface area contributed by atoms with Crippen molar-refractivity contribution >= 4 is 23.4 Å². The van der Waals surface area contributed by atoms with Gasteiger partial charge in [-0.2, -0.15) is 0 Å². The van der Waals surface area contributed by atoms with Crippen LogP contribution in [0.2, 0.25) is 0 Å². The number of aromatic hydroxyl groups is 2. The quantitative estimate of drug-likeness (QED) is 0.296. The van der Waals surface area contributed by atoms with Gasteiger partial charge in [0, 0.05) is 25.2 Å². The highest BCUT2D eigenvalue weighted by Crippen LogP contribution is 2.16. The summed E-state index contributed by atoms with van der Waals surface area (Å²) >= 11 is 0. The lowest BCUT2D eigenvalue weighted by Crippen LogP contribution is -2.54. The normalized spacial score (nSPS) is 13.6. The molecule has 30 heavy (non-hydrogen) atoms. The monoisotopic (exact) mass is 417 g/mol. The fourth-order valence-corrected chi connectivity index (χ4v) is 2.59. The number of rotatable bonds is 8. The molecule has 10 heteroatoms. The second-order valence-corrected chi connectivity index (χ2v) is 6.48. The lowest BCUT2D eigenvalue weighted by Gasteiger charge is -2.22. The van der Waals surface area contributed by atoms with E-state index in [4.69, 9.17) is 0 Å². The number of anilines is 1. The Bertz CT molecular complexity index is 902. The van der Waals surface area contributed by atoms with Gasteiger partial charge in [0.15, 0.2) is 12.2 Å². The Labute approximate surface area is 172 Å². The van der Waals surface area contributed by atoms with Gasteiger partial charge < -0.3 is 36.4 Å². The number of aliphatic hydroxyl groups is 2. The minimum absolute atomic E-state index is 0.0376. The maximum absolute atomic E-state index is 12.3. The predicted molar refractivity (Wildman–Crippen MR) is 107 cm³/mol. The fourth-order valence-electron chi connectivity index (χ4n) is 2.59. The van der Waals surface area contributed by atoms with E-state index in [0.717, 1.165) is 0 Å². The lowest BCUT2D eigenvalue weighted by atomic mass is 10.0. The van der Waals surface area contributed by atoms with E-state index in [9.17, 15) is 34.8 Å². The van der Waals surface area contributed by atoms with Crippen molar-refractivity contribution in [2.45, 2.75) is 24.7 Å². The number of hydrogen-bond acceptors (Lipinski definition) is 7. The van der Waals surface area contributed by atoms with Crippen LogP contribution in [0.25, 0.3) is 0 Å². The number of nitrogens with one attached hydrogen (secondary N) is 3. The third kappa shape index (κ3) is 6.19. The Balaban J connectivity index is 2.03. The van der Waals surface area contributed by atoms with Crippen LogP contribution in [0.1, 0.15) is 5.56 Å². The van der Waals surface area contributed by atoms with Crippen LogP contribution < -0.4 is 16.0 Å². The predicted octanol–water partition coefficient (Wildman–Crippen LogP) is -0.768. The molecule has 3 atom stereocenters. The molecule has 0 heterocycles. The zero-order valence-electron chi connectivity index (χ0n) is 16.1. The zero-order valence-corrected chi connectivity index (χ0v) is 16.1. The number of phenols is 2. The summed E-state index contributed by atoms with van der Waals surface area (Å²) in [5.41, 5.74) is 0.778. The van der Waals surface area contributed by atoms with E-state index in [1.54, 1.807) is 12.1 Å². The second-order valence-electron chi connectivity index (χ2n) is 6.48. The Hall–Kier alpha value is -3.63. The SMILES string of the molecule is CNC(=O)C(Cc1ccc(O)cc1)NC(=O)C(O)C(O)C(=O)Nc1cccc(O)c1. The Morgan fingerprint density at radius 2 is 1.50 bits per heavy atom. The van der Waals surface area contributed by atoms with Crippen molar-refractivity contribution < 1.29 is 34.8 Å². The highest BCUT2D eigenvalue weighted by Gasteiger charge is 2.32. The van der Waals surface area contributed by atoms with Gasteiger partial charge in [-0.3, -0.25) is 14.4 Å². The number of hydrogen-bond donors (Lipinski definition) is 7. The molecule has 0 bridgehead atoms. The van der Waals surface area contributed by atoms with Crippen LogP contribution in [0.4, 0.5) is 5.69 Å². The highest BCUT2D eigenvalue weighted by molar-refractivity contribution is 5.99. The first kappa shape index (κ1) is 22.7. The standard InChI is InChI=1S/C20H23N3O7/c1-21-18(28)15(9-11-5-7-13(24)8-6-11)23-20(30)17(27)16(26)19(29)22-12-3-2-4-14(25)10-12/h2-8,10,15-17,24-27H,9H2,1H3,(H,21,28)(H,22,29)(H,23,30). The summed E-state index contributed by atoms with van der Waals surface area (Å²) in [5, 5.41) is 45.7. The van der Waals surface area contributed by atoms with Crippen LogP contribution in [-0.4, -0.2) is 63.4 Å². The van der Waals surface area contributed by atoms with E-state index in [2.05, 4.69) is 16.0 Å². The van der Waals surface area contributed by atoms with Gasteiger partial charge in [-0.1, -0.05) is 18.2 Å². The fraction of sp³-hybridized carbons (Fsp3) is 0.250. The average molecular weight is 417 g/mol. The van der Waals surface area contributed by atoms with Crippen molar-refractivity contribution in [3.05, 3.63) is 54.1 Å². The van der Waals surface area contributed by atoms with Crippen LogP contribution in [0, 0.1) is 0 Å². The third-order valence-electron chi connectivity index (χ3n) is 4.21. The van der Waals surface area contributed by atoms with Gasteiger partial charge >= 0.3 is 0 Å². The van der Waals surface area contributed by atoms with Crippen LogP contribution in [0.15, 0.2) is 48.5 Å². The molecule has 0 spiro atoms. The van der Waals surface area contributed by atoms with E-state index in [0.29, 0.717) is 5.56 Å². The van der Waals surface area contributed by atoms with Gasteiger partial charge in [0.05, 0.1) is 0 Å². The number of amides is 3. The highest BCUT2D eigenvalue weighted by atomic mass is 16.3. The van der Waals surface area contributed by atoms with E-state index < -0.39 is 36.0 Å². The van der Waals surface area contributed by atoms with Gasteiger partial charge in [0.25, 0.3) is 11.8 Å². The Morgan fingerprint density at radius 3 is 2.10 bits per heavy atom. The summed E-state index contributed by atoms with van der Waals surface area (Å²) in [7, 11) is 1.37. The molecule has 0 saturated heterocycles. The molecule has 3 unspecified atom stereocenters. The molecule has 0 fully saturated rings. The molecule has 0 aliphatic rings. The summed E-state index contributed by atoms with van der Waals surface area (Å²) in [6.07, 6.45) is -4.22. The summed E-state index contributed by atoms with van der Waals surface area (Å²) in [5.74, 6) is -2.83. The minimum atomic E-state index is -2.14. The minimum Gasteiger partial charge on any atom is -0.508 e. The first-order valence-corrected chi connectivity index (χ1v) is 8.97. The molecule has 7 N–H and O–H groups in total. The summed E-state index contributed by atoms with van der Waals surface area (Å²) in [6.45, 7) is 0. The molecule has 0 aliphatic carbocycles. The zero-order chi connectivity index (χ0) is 22.3. The molecule has 2 aromatic rings. The van der Waals surface area contributed by atoms with Gasteiger partial charge in [0.2, 0.25) is 5.91 Å². The van der Waals surface area contributed by atoms with E-state index in [-0.39, 0.29) is 23.6 Å². The average Bonchev–Trinajstić information content (AvgIpc) is 2.73. The smallest absolute Gasteiger partial charge is 0.256 e. The van der Waals surface area contributed by atoms with Crippen LogP contribution in [-0.2, 0) is 20.8 Å². The lowest BCUT2D eigenvalue weighted by molar-refractivity contribution is -0.144. The molecule has 0 radical (unpaired) electrons. The van der Waals surface area contributed by atoms with E-state index in [1.807, 2.05) is 0 Å². The van der Waals surface area contributed by atoms with Crippen LogP contribution in [0.5, 0.6) is 11.5 Å². The van der Waals surface area contributed by atoms with Crippen molar-refractivity contribution in [2.24, 2.45) is 0 Å². The number of carbonyl (C=O) groups excluding carboxylic acids is 3. The summed E-state index contributed by atoms with van der Waals surface area (Å²) in [6, 6.07) is 10.4. The molecule has 10 nitrogen and oxygen atoms in total. The molecule has 0 aliphatic heterocycles. The van der Waals surface area contributed by atoms with E-state index >= 15 is 0 Å². The van der Waals surface area contributed by atoms with Gasteiger partial charge in [-0.05, 0) is 29.8 Å². The number of phenolic OH excluding ortho intramolecular Hbond substituents is 2. The van der Waals surface area contributed by atoms with Gasteiger partial charge in [-0.15, -0.1) is 0 Å². The molecule has 2 rings (SSSR count). The first-order chi connectivity index (χ1) is 14.2. The number of carbonyl (C=O) groups is 3. The van der Waals surface area contributed by atoms with Gasteiger partial charge in [0.1, 0.15) is 17.5 Å². The Morgan fingerprint density at radius 1 is 0.867 bits per heavy atom. The largest absolute Gasteiger partial charge is 0.508 e. The molecular weight excluding hydrogens is 394 g/mol. The van der Waals surface area contributed by atoms with Crippen molar-refractivity contribution in [1.29, 1.82) is 0 Å². The molecular formula is C20H23N3O7. The molecule has 160 valence electrons. The number of aliphatic hydroxyl groups excluding tert-OH is 2. The first-order valence-electron chi connectivity index (χ1n) is 8.97. The van der Waals surface area contributed by atoms with Crippen LogP contribution >= 0.6 is 0 Å².